The summed E-state index contributed by atoms with van der Waals surface area (Å²) in [6, 6.07) is 12.4. The van der Waals surface area contributed by atoms with Crippen LogP contribution in [-0.2, 0) is 0 Å². The molecule has 0 saturated carbocycles. The molecule has 5 nitrogen and oxygen atoms in total. The number of benzene rings is 2. The van der Waals surface area contributed by atoms with Gasteiger partial charge in [-0.3, -0.25) is 9.59 Å². The minimum absolute atomic E-state index is 0. The fourth-order valence-electron chi connectivity index (χ4n) is 3.24. The van der Waals surface area contributed by atoms with Gasteiger partial charge in [-0.25, -0.2) is 0 Å². The van der Waals surface area contributed by atoms with Crippen molar-refractivity contribution in [2.24, 2.45) is 0 Å². The van der Waals surface area contributed by atoms with Crippen molar-refractivity contribution in [1.82, 2.24) is 4.90 Å². The van der Waals surface area contributed by atoms with Gasteiger partial charge in [-0.05, 0) is 61.7 Å². The number of anilines is 2. The number of nitrogens with one attached hydrogen (secondary N) is 1. The Hall–Kier alpha value is -2.53. The minimum Gasteiger partial charge on any atom is -0.399 e. The quantitative estimate of drug-likeness (QED) is 0.772. The molecule has 0 aromatic heterocycles. The molecule has 0 atom stereocenters. The number of hydrogen-bond donors (Lipinski definition) is 2. The molecule has 0 spiro atoms. The first-order valence-corrected chi connectivity index (χ1v) is 9.11. The van der Waals surface area contributed by atoms with Crippen LogP contribution in [0.2, 0.25) is 0 Å². The van der Waals surface area contributed by atoms with Gasteiger partial charge >= 0.3 is 0 Å². The van der Waals surface area contributed by atoms with E-state index < -0.39 is 0 Å². The number of nitrogens with zero attached hydrogens (tertiary/aromatic N) is 1. The molecule has 3 N–H and O–H groups in total. The molecule has 3 rings (SSSR count). The summed E-state index contributed by atoms with van der Waals surface area (Å²) >= 11 is 0. The Balaban J connectivity index is 0.00000261. The molecule has 0 unspecified atom stereocenters. The van der Waals surface area contributed by atoms with Gasteiger partial charge < -0.3 is 16.0 Å². The monoisotopic (exact) mass is 387 g/mol. The van der Waals surface area contributed by atoms with Crippen molar-refractivity contribution in [3.8, 4) is 0 Å². The second-order valence-electron chi connectivity index (χ2n) is 6.81. The van der Waals surface area contributed by atoms with Crippen LogP contribution in [0.3, 0.4) is 0 Å². The van der Waals surface area contributed by atoms with E-state index in [-0.39, 0.29) is 24.2 Å². The van der Waals surface area contributed by atoms with Crippen molar-refractivity contribution in [2.75, 3.05) is 24.1 Å². The number of carbonyl (C=O) groups excluding carboxylic acids is 2. The van der Waals surface area contributed by atoms with E-state index in [1.54, 1.807) is 36.4 Å². The van der Waals surface area contributed by atoms with Crippen LogP contribution in [0.15, 0.2) is 42.5 Å². The largest absolute Gasteiger partial charge is 0.399 e. The molecule has 2 aromatic carbocycles. The van der Waals surface area contributed by atoms with Crippen molar-refractivity contribution >= 4 is 35.6 Å². The number of carbonyl (C=O) groups is 2. The molecule has 27 heavy (non-hydrogen) atoms. The first-order valence-electron chi connectivity index (χ1n) is 9.11. The van der Waals surface area contributed by atoms with Crippen molar-refractivity contribution < 1.29 is 9.59 Å². The molecular weight excluding hydrogens is 362 g/mol. The number of nitrogens with two attached hydrogens (primary N) is 1. The number of halogens is 1. The number of likely N-dealkylation sites (tertiary alicyclic amines) is 1. The van der Waals surface area contributed by atoms with E-state index in [0.717, 1.165) is 31.5 Å². The van der Waals surface area contributed by atoms with Gasteiger partial charge in [0.2, 0.25) is 0 Å². The maximum Gasteiger partial charge on any atom is 0.256 e. The number of amides is 2. The third-order valence-corrected chi connectivity index (χ3v) is 4.79. The van der Waals surface area contributed by atoms with E-state index in [0.29, 0.717) is 22.5 Å². The average molecular weight is 388 g/mol. The molecule has 2 amide bonds. The molecule has 0 aliphatic carbocycles. The Bertz CT molecular complexity index is 798. The maximum absolute atomic E-state index is 12.6. The topological polar surface area (TPSA) is 75.4 Å². The number of hydrogen-bond acceptors (Lipinski definition) is 3. The Labute approximate surface area is 166 Å². The lowest BCUT2D eigenvalue weighted by molar-refractivity contribution is 0.0761. The van der Waals surface area contributed by atoms with Crippen LogP contribution in [0.25, 0.3) is 0 Å². The molecule has 1 aliphatic heterocycles. The van der Waals surface area contributed by atoms with Crippen molar-refractivity contribution in [3.05, 3.63) is 59.2 Å². The van der Waals surface area contributed by atoms with Gasteiger partial charge in [-0.15, -0.1) is 12.4 Å². The minimum atomic E-state index is -0.207. The van der Waals surface area contributed by atoms with E-state index in [2.05, 4.69) is 5.32 Å². The summed E-state index contributed by atoms with van der Waals surface area (Å²) in [4.78, 5) is 27.0. The zero-order valence-electron chi connectivity index (χ0n) is 15.5. The summed E-state index contributed by atoms with van der Waals surface area (Å²) in [7, 11) is 0. The highest BCUT2D eigenvalue weighted by molar-refractivity contribution is 6.06. The van der Waals surface area contributed by atoms with E-state index in [1.807, 2.05) is 17.9 Å². The summed E-state index contributed by atoms with van der Waals surface area (Å²) in [6.45, 7) is 3.52. The molecule has 1 heterocycles. The van der Waals surface area contributed by atoms with Crippen LogP contribution in [0.4, 0.5) is 11.4 Å². The highest BCUT2D eigenvalue weighted by Crippen LogP contribution is 2.18. The lowest BCUT2D eigenvalue weighted by Gasteiger charge is -2.20. The lowest BCUT2D eigenvalue weighted by atomic mass is 10.1. The second kappa shape index (κ2) is 9.42. The van der Waals surface area contributed by atoms with Crippen molar-refractivity contribution in [3.63, 3.8) is 0 Å². The first kappa shape index (κ1) is 20.8. The first-order chi connectivity index (χ1) is 12.5. The Morgan fingerprint density at radius 2 is 1.59 bits per heavy atom. The van der Waals surface area contributed by atoms with E-state index in [4.69, 9.17) is 5.73 Å². The third-order valence-electron chi connectivity index (χ3n) is 4.79. The molecule has 0 radical (unpaired) electrons. The van der Waals surface area contributed by atoms with Crippen molar-refractivity contribution in [2.45, 2.75) is 32.6 Å². The Kier molecular flexibility index (Phi) is 7.25. The fraction of sp³-hybridized carbons (Fsp3) is 0.333. The number of aryl methyl sites for hydroxylation is 1. The van der Waals surface area contributed by atoms with Crippen LogP contribution in [0.1, 0.15) is 52.0 Å². The van der Waals surface area contributed by atoms with Gasteiger partial charge in [-0.2, -0.15) is 0 Å². The summed E-state index contributed by atoms with van der Waals surface area (Å²) in [5.74, 6) is -0.141. The predicted octanol–water partition coefficient (Wildman–Crippen LogP) is 4.27. The van der Waals surface area contributed by atoms with Gasteiger partial charge in [0.1, 0.15) is 0 Å². The highest BCUT2D eigenvalue weighted by atomic mass is 35.5. The highest BCUT2D eigenvalue weighted by Gasteiger charge is 2.17. The van der Waals surface area contributed by atoms with Crippen LogP contribution in [-0.4, -0.2) is 29.8 Å². The Morgan fingerprint density at radius 1 is 0.963 bits per heavy atom. The molecule has 1 fully saturated rings. The summed E-state index contributed by atoms with van der Waals surface area (Å²) < 4.78 is 0. The summed E-state index contributed by atoms with van der Waals surface area (Å²) in [5, 5.41) is 2.86. The average Bonchev–Trinajstić information content (AvgIpc) is 2.93. The molecule has 144 valence electrons. The van der Waals surface area contributed by atoms with Gasteiger partial charge in [0.05, 0.1) is 0 Å². The van der Waals surface area contributed by atoms with Crippen LogP contribution >= 0.6 is 12.4 Å². The SMILES string of the molecule is Cc1ccc(N)cc1C(=O)Nc1ccc(C(=O)N2CCCCCC2)cc1.Cl. The standard InChI is InChI=1S/C21H25N3O2.ClH/c1-15-6-9-17(22)14-19(15)20(25)23-18-10-7-16(8-11-18)21(26)24-12-4-2-3-5-13-24;/h6-11,14H,2-5,12-13,22H2,1H3,(H,23,25);1H. The Morgan fingerprint density at radius 3 is 2.22 bits per heavy atom. The molecule has 1 aliphatic rings. The predicted molar refractivity (Wildman–Crippen MR) is 112 cm³/mol. The van der Waals surface area contributed by atoms with Gasteiger partial charge in [-0.1, -0.05) is 18.9 Å². The normalized spacial score (nSPS) is 14.0. The molecule has 2 aromatic rings. The van der Waals surface area contributed by atoms with E-state index >= 15 is 0 Å². The second-order valence-corrected chi connectivity index (χ2v) is 6.81. The zero-order chi connectivity index (χ0) is 18.5. The smallest absolute Gasteiger partial charge is 0.256 e. The van der Waals surface area contributed by atoms with E-state index in [9.17, 15) is 9.59 Å². The lowest BCUT2D eigenvalue weighted by Crippen LogP contribution is -2.31. The van der Waals surface area contributed by atoms with Crippen molar-refractivity contribution in [1.29, 1.82) is 0 Å². The van der Waals surface area contributed by atoms with Crippen LogP contribution in [0.5, 0.6) is 0 Å². The number of nitrogen functional groups attached to an aromatic ring is 1. The summed E-state index contributed by atoms with van der Waals surface area (Å²) in [6.07, 6.45) is 4.52. The molecular formula is C21H26ClN3O2. The van der Waals surface area contributed by atoms with Gasteiger partial charge in [0.15, 0.2) is 0 Å². The third kappa shape index (κ3) is 5.23. The number of rotatable bonds is 3. The van der Waals surface area contributed by atoms with Gasteiger partial charge in [0.25, 0.3) is 11.8 Å². The van der Waals surface area contributed by atoms with Gasteiger partial charge in [0, 0.05) is 35.6 Å². The van der Waals surface area contributed by atoms with Crippen LogP contribution < -0.4 is 11.1 Å². The fourth-order valence-corrected chi connectivity index (χ4v) is 3.24. The molecule has 6 heteroatoms. The maximum atomic E-state index is 12.6. The molecule has 0 bridgehead atoms. The molecule has 1 saturated heterocycles. The van der Waals surface area contributed by atoms with Crippen LogP contribution in [0, 0.1) is 6.92 Å². The van der Waals surface area contributed by atoms with E-state index in [1.165, 1.54) is 12.8 Å². The summed E-state index contributed by atoms with van der Waals surface area (Å²) in [5.41, 5.74) is 9.06. The zero-order valence-corrected chi connectivity index (χ0v) is 16.3.